The molecule has 2 rings (SSSR count). The fraction of sp³-hybridized carbons (Fsp3) is 0. The van der Waals surface area contributed by atoms with Crippen molar-refractivity contribution in [1.82, 2.24) is 5.32 Å². The van der Waals surface area contributed by atoms with Gasteiger partial charge in [-0.15, -0.1) is 0 Å². The molecule has 108 valence electrons. The maximum Gasteiger partial charge on any atom is 0.257 e. The molecule has 7 heteroatoms. The highest BCUT2D eigenvalue weighted by Crippen LogP contribution is 2.25. The third-order valence-electron chi connectivity index (χ3n) is 2.49. The normalized spacial score (nSPS) is 10.0. The molecule has 0 atom stereocenters. The predicted molar refractivity (Wildman–Crippen MR) is 89.2 cm³/mol. The summed E-state index contributed by atoms with van der Waals surface area (Å²) in [5.41, 5.74) is 0.741. The third-order valence-corrected chi connectivity index (χ3v) is 3.50. The van der Waals surface area contributed by atoms with E-state index in [0.29, 0.717) is 10.7 Å². The van der Waals surface area contributed by atoms with Crippen molar-refractivity contribution in [2.24, 2.45) is 0 Å². The molecule has 0 aromatic heterocycles. The van der Waals surface area contributed by atoms with E-state index in [4.69, 9.17) is 23.8 Å². The Bertz CT molecular complexity index is 711. The molecule has 0 fully saturated rings. The molecule has 0 saturated heterocycles. The first-order chi connectivity index (χ1) is 9.95. The van der Waals surface area contributed by atoms with Crippen LogP contribution in [0.2, 0.25) is 5.02 Å². The van der Waals surface area contributed by atoms with Crippen LogP contribution in [0.1, 0.15) is 10.4 Å². The van der Waals surface area contributed by atoms with Crippen LogP contribution in [0.5, 0.6) is 0 Å². The molecule has 2 aromatic carbocycles. The van der Waals surface area contributed by atoms with E-state index in [-0.39, 0.29) is 10.7 Å². The topological polar surface area (TPSA) is 41.1 Å². The molecular formula is C14H9BrClFN2OS. The van der Waals surface area contributed by atoms with E-state index in [1.54, 1.807) is 18.2 Å². The number of nitrogens with one attached hydrogen (secondary N) is 2. The lowest BCUT2D eigenvalue weighted by Crippen LogP contribution is -2.34. The number of rotatable bonds is 2. The van der Waals surface area contributed by atoms with Crippen LogP contribution in [-0.2, 0) is 0 Å². The molecule has 2 N–H and O–H groups in total. The van der Waals surface area contributed by atoms with Crippen molar-refractivity contribution >= 4 is 56.5 Å². The van der Waals surface area contributed by atoms with Crippen molar-refractivity contribution in [2.75, 3.05) is 5.32 Å². The second-order valence-electron chi connectivity index (χ2n) is 4.04. The van der Waals surface area contributed by atoms with Gasteiger partial charge in [0.25, 0.3) is 5.91 Å². The molecule has 0 aliphatic carbocycles. The number of thiocarbonyl (C=S) groups is 1. The first-order valence-electron chi connectivity index (χ1n) is 5.78. The fourth-order valence-corrected chi connectivity index (χ4v) is 2.47. The van der Waals surface area contributed by atoms with Gasteiger partial charge in [-0.05, 0) is 48.6 Å². The number of hydrogen-bond donors (Lipinski definition) is 2. The number of amides is 1. The van der Waals surface area contributed by atoms with Crippen molar-refractivity contribution < 1.29 is 9.18 Å². The number of hydrogen-bond acceptors (Lipinski definition) is 2. The fourth-order valence-electron chi connectivity index (χ4n) is 1.55. The van der Waals surface area contributed by atoms with Crippen LogP contribution in [-0.4, -0.2) is 11.0 Å². The Balaban J connectivity index is 2.03. The van der Waals surface area contributed by atoms with Gasteiger partial charge in [0.2, 0.25) is 0 Å². The summed E-state index contributed by atoms with van der Waals surface area (Å²) in [5.74, 6) is -0.988. The van der Waals surface area contributed by atoms with Gasteiger partial charge in [0.1, 0.15) is 5.82 Å². The lowest BCUT2D eigenvalue weighted by atomic mass is 10.2. The van der Waals surface area contributed by atoms with Gasteiger partial charge < -0.3 is 5.32 Å². The van der Waals surface area contributed by atoms with Crippen molar-refractivity contribution in [2.45, 2.75) is 0 Å². The Morgan fingerprint density at radius 3 is 2.67 bits per heavy atom. The zero-order chi connectivity index (χ0) is 15.4. The molecule has 0 aliphatic rings. The van der Waals surface area contributed by atoms with E-state index in [1.165, 1.54) is 18.2 Å². The molecule has 0 radical (unpaired) electrons. The average Bonchev–Trinajstić information content (AvgIpc) is 2.42. The standard InChI is InChI=1S/C14H9BrClFN2OS/c15-9-4-5-12(11(16)7-9)18-14(21)19-13(20)8-2-1-3-10(17)6-8/h1-7H,(H2,18,19,20,21). The van der Waals surface area contributed by atoms with Crippen LogP contribution in [0.3, 0.4) is 0 Å². The predicted octanol–water partition coefficient (Wildman–Crippen LogP) is 4.37. The number of halogens is 3. The van der Waals surface area contributed by atoms with Gasteiger partial charge in [-0.2, -0.15) is 0 Å². The van der Waals surface area contributed by atoms with E-state index in [1.807, 2.05) is 0 Å². The summed E-state index contributed by atoms with van der Waals surface area (Å²) in [5, 5.41) is 5.79. The maximum atomic E-state index is 13.1. The molecule has 1 amide bonds. The second-order valence-corrected chi connectivity index (χ2v) is 5.77. The molecule has 0 heterocycles. The first-order valence-corrected chi connectivity index (χ1v) is 7.36. The summed E-state index contributed by atoms with van der Waals surface area (Å²) < 4.78 is 13.9. The summed E-state index contributed by atoms with van der Waals surface area (Å²) in [4.78, 5) is 11.9. The highest BCUT2D eigenvalue weighted by Gasteiger charge is 2.10. The quantitative estimate of drug-likeness (QED) is 0.752. The Labute approximate surface area is 139 Å². The first kappa shape index (κ1) is 15.9. The summed E-state index contributed by atoms with van der Waals surface area (Å²) in [6, 6.07) is 10.5. The number of benzene rings is 2. The summed E-state index contributed by atoms with van der Waals surface area (Å²) in [6.45, 7) is 0. The SMILES string of the molecule is O=C(NC(=S)Nc1ccc(Br)cc1Cl)c1cccc(F)c1. The number of carbonyl (C=O) groups is 1. The third kappa shape index (κ3) is 4.49. The Hall–Kier alpha value is -1.50. The molecule has 21 heavy (non-hydrogen) atoms. The minimum Gasteiger partial charge on any atom is -0.331 e. The number of anilines is 1. The average molecular weight is 388 g/mol. The van der Waals surface area contributed by atoms with E-state index < -0.39 is 11.7 Å². The Morgan fingerprint density at radius 2 is 2.00 bits per heavy atom. The smallest absolute Gasteiger partial charge is 0.257 e. The van der Waals surface area contributed by atoms with Gasteiger partial charge in [0.15, 0.2) is 5.11 Å². The Kier molecular flexibility index (Phi) is 5.27. The van der Waals surface area contributed by atoms with E-state index in [9.17, 15) is 9.18 Å². The summed E-state index contributed by atoms with van der Waals surface area (Å²) >= 11 is 14.4. The van der Waals surface area contributed by atoms with Gasteiger partial charge in [-0.1, -0.05) is 33.6 Å². The van der Waals surface area contributed by atoms with E-state index in [2.05, 4.69) is 26.6 Å². The van der Waals surface area contributed by atoms with Crippen molar-refractivity contribution in [1.29, 1.82) is 0 Å². The van der Waals surface area contributed by atoms with Crippen LogP contribution >= 0.6 is 39.7 Å². The van der Waals surface area contributed by atoms with Crippen LogP contribution in [0, 0.1) is 5.82 Å². The Morgan fingerprint density at radius 1 is 1.24 bits per heavy atom. The van der Waals surface area contributed by atoms with Gasteiger partial charge in [0.05, 0.1) is 10.7 Å². The summed E-state index contributed by atoms with van der Waals surface area (Å²) in [7, 11) is 0. The second kappa shape index (κ2) is 6.98. The van der Waals surface area contributed by atoms with Crippen LogP contribution < -0.4 is 10.6 Å². The minimum absolute atomic E-state index is 0.0773. The molecule has 0 spiro atoms. The van der Waals surface area contributed by atoms with E-state index >= 15 is 0 Å². The van der Waals surface area contributed by atoms with Gasteiger partial charge in [-0.3, -0.25) is 10.1 Å². The zero-order valence-electron chi connectivity index (χ0n) is 10.5. The highest BCUT2D eigenvalue weighted by atomic mass is 79.9. The monoisotopic (exact) mass is 386 g/mol. The molecular weight excluding hydrogens is 379 g/mol. The molecule has 0 unspecified atom stereocenters. The number of carbonyl (C=O) groups excluding carboxylic acids is 1. The van der Waals surface area contributed by atoms with E-state index in [0.717, 1.165) is 10.5 Å². The maximum absolute atomic E-state index is 13.1. The van der Waals surface area contributed by atoms with Crippen LogP contribution in [0.25, 0.3) is 0 Å². The van der Waals surface area contributed by atoms with Crippen LogP contribution in [0.15, 0.2) is 46.9 Å². The van der Waals surface area contributed by atoms with Gasteiger partial charge in [-0.25, -0.2) is 4.39 Å². The van der Waals surface area contributed by atoms with Crippen molar-refractivity contribution in [3.63, 3.8) is 0 Å². The zero-order valence-corrected chi connectivity index (χ0v) is 13.7. The molecule has 0 aliphatic heterocycles. The van der Waals surface area contributed by atoms with Crippen molar-refractivity contribution in [3.8, 4) is 0 Å². The van der Waals surface area contributed by atoms with Crippen molar-refractivity contribution in [3.05, 3.63) is 63.3 Å². The molecule has 2 aromatic rings. The van der Waals surface area contributed by atoms with Gasteiger partial charge in [0, 0.05) is 10.0 Å². The molecule has 0 saturated carbocycles. The van der Waals surface area contributed by atoms with Gasteiger partial charge >= 0.3 is 0 Å². The molecule has 3 nitrogen and oxygen atoms in total. The largest absolute Gasteiger partial charge is 0.331 e. The lowest BCUT2D eigenvalue weighted by Gasteiger charge is -2.11. The molecule has 0 bridgehead atoms. The summed E-state index contributed by atoms with van der Waals surface area (Å²) in [6.07, 6.45) is 0. The minimum atomic E-state index is -0.500. The van der Waals surface area contributed by atoms with Crippen LogP contribution in [0.4, 0.5) is 10.1 Å². The lowest BCUT2D eigenvalue weighted by molar-refractivity contribution is 0.0977. The highest BCUT2D eigenvalue weighted by molar-refractivity contribution is 9.10.